The number of ether oxygens (including phenoxy) is 2. The van der Waals surface area contributed by atoms with Gasteiger partial charge < -0.3 is 20.9 Å². The van der Waals surface area contributed by atoms with Crippen molar-refractivity contribution in [3.05, 3.63) is 23.8 Å². The van der Waals surface area contributed by atoms with Gasteiger partial charge in [-0.25, -0.2) is 4.98 Å². The summed E-state index contributed by atoms with van der Waals surface area (Å²) < 4.78 is 11.3. The Morgan fingerprint density at radius 2 is 2.00 bits per heavy atom. The predicted octanol–water partition coefficient (Wildman–Crippen LogP) is 2.61. The molecule has 24 heavy (non-hydrogen) atoms. The maximum atomic E-state index is 9.39. The van der Waals surface area contributed by atoms with Crippen LogP contribution in [0.5, 0.6) is 11.5 Å². The number of benzene rings is 1. The Morgan fingerprint density at radius 1 is 1.25 bits per heavy atom. The molecule has 0 aliphatic carbocycles. The van der Waals surface area contributed by atoms with Gasteiger partial charge in [0.1, 0.15) is 17.5 Å². The standard InChI is InChI=1S/C17H21N5O2/c1-10(2)7-8-24-15-11(5-4-6-13(15)23-3)14-12(9-18)16(19)22-17(20)21-14/h4-6,10H,7-8H2,1-3H3,(H4,19,20,21,22). The average Bonchev–Trinajstić information content (AvgIpc) is 2.54. The van der Waals surface area contributed by atoms with Gasteiger partial charge in [-0.15, -0.1) is 0 Å². The van der Waals surface area contributed by atoms with Crippen LogP contribution >= 0.6 is 0 Å². The molecule has 0 saturated heterocycles. The van der Waals surface area contributed by atoms with Crippen LogP contribution in [0.3, 0.4) is 0 Å². The van der Waals surface area contributed by atoms with E-state index in [1.54, 1.807) is 25.3 Å². The van der Waals surface area contributed by atoms with E-state index in [-0.39, 0.29) is 17.3 Å². The molecule has 1 aromatic carbocycles. The van der Waals surface area contributed by atoms with Crippen LogP contribution in [-0.4, -0.2) is 23.7 Å². The van der Waals surface area contributed by atoms with Gasteiger partial charge >= 0.3 is 0 Å². The lowest BCUT2D eigenvalue weighted by molar-refractivity contribution is 0.274. The highest BCUT2D eigenvalue weighted by Gasteiger charge is 2.20. The molecule has 0 aliphatic rings. The van der Waals surface area contributed by atoms with E-state index < -0.39 is 0 Å². The molecule has 0 saturated carbocycles. The Morgan fingerprint density at radius 3 is 2.62 bits per heavy atom. The number of anilines is 2. The third-order valence-electron chi connectivity index (χ3n) is 3.46. The van der Waals surface area contributed by atoms with Crippen LogP contribution in [0.4, 0.5) is 11.8 Å². The Balaban J connectivity index is 2.57. The molecule has 7 nitrogen and oxygen atoms in total. The monoisotopic (exact) mass is 327 g/mol. The minimum Gasteiger partial charge on any atom is -0.493 e. The molecule has 0 spiro atoms. The Bertz CT molecular complexity index is 768. The summed E-state index contributed by atoms with van der Waals surface area (Å²) in [6, 6.07) is 7.39. The quantitative estimate of drug-likeness (QED) is 0.836. The van der Waals surface area contributed by atoms with Crippen molar-refractivity contribution < 1.29 is 9.47 Å². The number of nitriles is 1. The molecule has 0 atom stereocenters. The van der Waals surface area contributed by atoms with Gasteiger partial charge in [0.2, 0.25) is 5.95 Å². The molecule has 0 bridgehead atoms. The molecule has 4 N–H and O–H groups in total. The lowest BCUT2D eigenvalue weighted by Crippen LogP contribution is -2.07. The molecule has 7 heteroatoms. The van der Waals surface area contributed by atoms with Crippen LogP contribution in [0.1, 0.15) is 25.8 Å². The Hall–Kier alpha value is -3.01. The van der Waals surface area contributed by atoms with E-state index in [1.165, 1.54) is 0 Å². The highest BCUT2D eigenvalue weighted by Crippen LogP contribution is 2.39. The number of aromatic nitrogens is 2. The minimum absolute atomic E-state index is 0.00236. The molecule has 0 unspecified atom stereocenters. The Labute approximate surface area is 141 Å². The van der Waals surface area contributed by atoms with Crippen molar-refractivity contribution in [3.63, 3.8) is 0 Å². The van der Waals surface area contributed by atoms with Crippen LogP contribution in [0, 0.1) is 17.2 Å². The lowest BCUT2D eigenvalue weighted by Gasteiger charge is -2.16. The van der Waals surface area contributed by atoms with Crippen molar-refractivity contribution in [1.29, 1.82) is 5.26 Å². The topological polar surface area (TPSA) is 120 Å². The second kappa shape index (κ2) is 7.51. The predicted molar refractivity (Wildman–Crippen MR) is 92.5 cm³/mol. The fraction of sp³-hybridized carbons (Fsp3) is 0.353. The van der Waals surface area contributed by atoms with Crippen LogP contribution in [0.2, 0.25) is 0 Å². The van der Waals surface area contributed by atoms with Crippen molar-refractivity contribution in [1.82, 2.24) is 9.97 Å². The molecule has 0 aliphatic heterocycles. The zero-order valence-electron chi connectivity index (χ0n) is 14.0. The first kappa shape index (κ1) is 17.3. The van der Waals surface area contributed by atoms with Gasteiger partial charge in [0.25, 0.3) is 0 Å². The van der Waals surface area contributed by atoms with Gasteiger partial charge in [0, 0.05) is 5.56 Å². The summed E-state index contributed by atoms with van der Waals surface area (Å²) in [5, 5.41) is 9.39. The molecule has 0 fully saturated rings. The highest BCUT2D eigenvalue weighted by molar-refractivity contribution is 5.79. The number of nitrogens with two attached hydrogens (primary N) is 2. The molecular formula is C17H21N5O2. The fourth-order valence-electron chi connectivity index (χ4n) is 2.21. The van der Waals surface area contributed by atoms with Crippen LogP contribution in [0.15, 0.2) is 18.2 Å². The van der Waals surface area contributed by atoms with Crippen molar-refractivity contribution >= 4 is 11.8 Å². The van der Waals surface area contributed by atoms with Gasteiger partial charge in [-0.05, 0) is 24.5 Å². The van der Waals surface area contributed by atoms with Gasteiger partial charge in [0.05, 0.1) is 19.4 Å². The summed E-state index contributed by atoms with van der Waals surface area (Å²) in [5.41, 5.74) is 12.6. The van der Waals surface area contributed by atoms with E-state index in [9.17, 15) is 5.26 Å². The highest BCUT2D eigenvalue weighted by atomic mass is 16.5. The largest absolute Gasteiger partial charge is 0.493 e. The van der Waals surface area contributed by atoms with Crippen LogP contribution in [0.25, 0.3) is 11.3 Å². The minimum atomic E-state index is -0.00236. The first-order chi connectivity index (χ1) is 11.5. The second-order valence-electron chi connectivity index (χ2n) is 5.67. The maximum Gasteiger partial charge on any atom is 0.222 e. The molecule has 0 radical (unpaired) electrons. The summed E-state index contributed by atoms with van der Waals surface area (Å²) in [6.45, 7) is 4.75. The number of methoxy groups -OCH3 is 1. The summed E-state index contributed by atoms with van der Waals surface area (Å²) >= 11 is 0. The molecule has 1 aromatic heterocycles. The number of nitrogens with zero attached hydrogens (tertiary/aromatic N) is 3. The van der Waals surface area contributed by atoms with E-state index in [4.69, 9.17) is 20.9 Å². The van der Waals surface area contributed by atoms with E-state index in [0.717, 1.165) is 6.42 Å². The van der Waals surface area contributed by atoms with Crippen molar-refractivity contribution in [2.45, 2.75) is 20.3 Å². The first-order valence-corrected chi connectivity index (χ1v) is 7.61. The van der Waals surface area contributed by atoms with Gasteiger partial charge in [0.15, 0.2) is 11.5 Å². The van der Waals surface area contributed by atoms with Gasteiger partial charge in [-0.3, -0.25) is 0 Å². The molecular weight excluding hydrogens is 306 g/mol. The third kappa shape index (κ3) is 3.66. The molecule has 2 aromatic rings. The number of para-hydroxylation sites is 1. The van der Waals surface area contributed by atoms with Crippen LogP contribution in [-0.2, 0) is 0 Å². The van der Waals surface area contributed by atoms with E-state index >= 15 is 0 Å². The smallest absolute Gasteiger partial charge is 0.222 e. The summed E-state index contributed by atoms with van der Waals surface area (Å²) in [5.74, 6) is 1.60. The van der Waals surface area contributed by atoms with Crippen molar-refractivity contribution in [3.8, 4) is 28.8 Å². The van der Waals surface area contributed by atoms with E-state index in [2.05, 4.69) is 23.8 Å². The molecule has 0 amide bonds. The maximum absolute atomic E-state index is 9.39. The first-order valence-electron chi connectivity index (χ1n) is 7.61. The number of hydrogen-bond acceptors (Lipinski definition) is 7. The van der Waals surface area contributed by atoms with Crippen LogP contribution < -0.4 is 20.9 Å². The van der Waals surface area contributed by atoms with Gasteiger partial charge in [-0.1, -0.05) is 19.9 Å². The summed E-state index contributed by atoms with van der Waals surface area (Å²) in [6.07, 6.45) is 0.886. The van der Waals surface area contributed by atoms with Crippen molar-refractivity contribution in [2.24, 2.45) is 5.92 Å². The van der Waals surface area contributed by atoms with Gasteiger partial charge in [-0.2, -0.15) is 10.2 Å². The van der Waals surface area contributed by atoms with E-state index in [1.807, 2.05) is 6.07 Å². The molecule has 2 rings (SSSR count). The number of hydrogen-bond donors (Lipinski definition) is 2. The summed E-state index contributed by atoms with van der Waals surface area (Å²) in [4.78, 5) is 8.02. The zero-order chi connectivity index (χ0) is 17.7. The second-order valence-corrected chi connectivity index (χ2v) is 5.67. The lowest BCUT2D eigenvalue weighted by atomic mass is 10.0. The Kier molecular flexibility index (Phi) is 5.42. The SMILES string of the molecule is COc1cccc(-c2nc(N)nc(N)c2C#N)c1OCCC(C)C. The third-order valence-corrected chi connectivity index (χ3v) is 3.46. The average molecular weight is 327 g/mol. The van der Waals surface area contributed by atoms with Crippen molar-refractivity contribution in [2.75, 3.05) is 25.2 Å². The molecule has 126 valence electrons. The fourth-order valence-corrected chi connectivity index (χ4v) is 2.21. The summed E-state index contributed by atoms with van der Waals surface area (Å²) in [7, 11) is 1.56. The number of rotatable bonds is 6. The number of nitrogen functional groups attached to an aromatic ring is 2. The normalized spacial score (nSPS) is 10.5. The zero-order valence-corrected chi connectivity index (χ0v) is 14.0. The van der Waals surface area contributed by atoms with E-state index in [0.29, 0.717) is 35.3 Å². The molecule has 1 heterocycles.